The van der Waals surface area contributed by atoms with E-state index in [-0.39, 0.29) is 17.9 Å². The number of sulfonamides is 1. The number of rotatable bonds is 11. The summed E-state index contributed by atoms with van der Waals surface area (Å²) in [6.07, 6.45) is 2.14. The summed E-state index contributed by atoms with van der Waals surface area (Å²) in [6.45, 7) is 0.414. The predicted octanol–water partition coefficient (Wildman–Crippen LogP) is 1.36. The Labute approximate surface area is 196 Å². The second-order valence-electron chi connectivity index (χ2n) is 7.03. The van der Waals surface area contributed by atoms with E-state index < -0.39 is 27.9 Å². The number of benzene rings is 2. The number of nitrogens with two attached hydrogens (primary N) is 1. The maximum atomic E-state index is 13.0. The minimum Gasteiger partial charge on any atom is -0.486 e. The van der Waals surface area contributed by atoms with E-state index in [0.717, 1.165) is 0 Å². The molecule has 0 spiro atoms. The van der Waals surface area contributed by atoms with Crippen molar-refractivity contribution in [3.63, 3.8) is 0 Å². The van der Waals surface area contributed by atoms with E-state index in [9.17, 15) is 18.0 Å². The molecule has 0 bridgehead atoms. The fourth-order valence-electron chi connectivity index (χ4n) is 2.97. The van der Waals surface area contributed by atoms with Gasteiger partial charge in [0.05, 0.1) is 4.90 Å². The van der Waals surface area contributed by atoms with Gasteiger partial charge in [-0.05, 0) is 42.7 Å². The molecular weight excluding hydrogens is 470 g/mol. The zero-order valence-electron chi connectivity index (χ0n) is 17.9. The molecule has 10 nitrogen and oxygen atoms in total. The van der Waals surface area contributed by atoms with Gasteiger partial charge >= 0.3 is 0 Å². The van der Waals surface area contributed by atoms with E-state index in [1.165, 1.54) is 36.0 Å². The van der Waals surface area contributed by atoms with E-state index in [1.54, 1.807) is 18.2 Å². The number of primary amides is 1. The van der Waals surface area contributed by atoms with Gasteiger partial charge in [-0.25, -0.2) is 8.42 Å². The Hall–Kier alpha value is -2.96. The third-order valence-corrected chi connectivity index (χ3v) is 6.64. The summed E-state index contributed by atoms with van der Waals surface area (Å²) in [7, 11) is -4.02. The van der Waals surface area contributed by atoms with Crippen LogP contribution in [0.25, 0.3) is 0 Å². The Morgan fingerprint density at radius 2 is 1.91 bits per heavy atom. The first-order valence-electron chi connectivity index (χ1n) is 10.0. The highest BCUT2D eigenvalue weighted by molar-refractivity contribution is 7.98. The molecule has 0 saturated heterocycles. The molecule has 0 aliphatic carbocycles. The van der Waals surface area contributed by atoms with Crippen molar-refractivity contribution >= 4 is 39.3 Å². The Morgan fingerprint density at radius 1 is 1.15 bits per heavy atom. The molecule has 0 saturated carbocycles. The molecule has 0 fully saturated rings. The molecule has 1 aliphatic rings. The van der Waals surface area contributed by atoms with E-state index in [0.29, 0.717) is 41.9 Å². The second-order valence-corrected chi connectivity index (χ2v) is 9.73. The average Bonchev–Trinajstić information content (AvgIpc) is 2.80. The molecule has 12 heteroatoms. The number of hydrogen-bond donors (Lipinski definition) is 3. The van der Waals surface area contributed by atoms with Gasteiger partial charge in [-0.1, -0.05) is 6.07 Å². The summed E-state index contributed by atoms with van der Waals surface area (Å²) in [5.41, 5.74) is 5.46. The van der Waals surface area contributed by atoms with Crippen LogP contribution in [-0.2, 0) is 19.6 Å². The van der Waals surface area contributed by atoms with Gasteiger partial charge in [0.2, 0.25) is 15.9 Å². The van der Waals surface area contributed by atoms with Crippen LogP contribution in [0.4, 0.5) is 5.69 Å². The van der Waals surface area contributed by atoms with Crippen molar-refractivity contribution in [3.05, 3.63) is 42.5 Å². The number of nitrogens with one attached hydrogen (secondary N) is 2. The van der Waals surface area contributed by atoms with E-state index >= 15 is 0 Å². The molecule has 3 rings (SSSR count). The van der Waals surface area contributed by atoms with Gasteiger partial charge in [0.1, 0.15) is 25.0 Å². The van der Waals surface area contributed by atoms with Gasteiger partial charge in [-0.2, -0.15) is 16.5 Å². The van der Waals surface area contributed by atoms with E-state index in [2.05, 4.69) is 10.0 Å². The van der Waals surface area contributed by atoms with Crippen LogP contribution in [0.15, 0.2) is 47.4 Å². The number of amides is 2. The lowest BCUT2D eigenvalue weighted by Gasteiger charge is -2.21. The van der Waals surface area contributed by atoms with Gasteiger partial charge in [-0.15, -0.1) is 0 Å². The largest absolute Gasteiger partial charge is 0.486 e. The van der Waals surface area contributed by atoms with Gasteiger partial charge in [0.25, 0.3) is 5.91 Å². The summed E-state index contributed by atoms with van der Waals surface area (Å²) in [6, 6.07) is 9.65. The van der Waals surface area contributed by atoms with Gasteiger partial charge in [0, 0.05) is 17.8 Å². The summed E-state index contributed by atoms with van der Waals surface area (Å²) < 4.78 is 44.6. The smallest absolute Gasteiger partial charge is 0.255 e. The van der Waals surface area contributed by atoms with E-state index in [4.69, 9.17) is 19.9 Å². The second kappa shape index (κ2) is 11.3. The minimum absolute atomic E-state index is 0.0319. The van der Waals surface area contributed by atoms with Crippen LogP contribution in [0.1, 0.15) is 6.42 Å². The van der Waals surface area contributed by atoms with Crippen molar-refractivity contribution in [2.75, 3.05) is 37.1 Å². The number of ether oxygens (including phenoxy) is 3. The van der Waals surface area contributed by atoms with Gasteiger partial charge in [-0.3, -0.25) is 9.59 Å². The lowest BCUT2D eigenvalue weighted by molar-refractivity contribution is -0.120. The highest BCUT2D eigenvalue weighted by Crippen LogP contribution is 2.32. The standard InChI is InChI=1S/C21H25N3O7S2/c1-32-10-7-17(21(26)23-14-3-2-4-15(11-14)31-13-20(22)25)24-33(27,28)16-5-6-18-19(12-16)30-9-8-29-18/h2-6,11-12,17,24H,7-10,13H2,1H3,(H2,22,25)(H,23,26)/t17-/m1/s1. The predicted molar refractivity (Wildman–Crippen MR) is 124 cm³/mol. The quantitative estimate of drug-likeness (QED) is 0.424. The van der Waals surface area contributed by atoms with Crippen LogP contribution in [0.2, 0.25) is 0 Å². The molecule has 2 aromatic rings. The molecule has 0 radical (unpaired) electrons. The minimum atomic E-state index is -4.02. The van der Waals surface area contributed by atoms with Crippen molar-refractivity contribution in [2.24, 2.45) is 5.73 Å². The first-order chi connectivity index (χ1) is 15.8. The van der Waals surface area contributed by atoms with Crippen LogP contribution in [0.5, 0.6) is 17.2 Å². The van der Waals surface area contributed by atoms with Crippen molar-refractivity contribution in [1.29, 1.82) is 0 Å². The van der Waals surface area contributed by atoms with Crippen LogP contribution >= 0.6 is 11.8 Å². The maximum absolute atomic E-state index is 13.0. The Morgan fingerprint density at radius 3 is 2.64 bits per heavy atom. The van der Waals surface area contributed by atoms with Crippen LogP contribution in [-0.4, -0.2) is 58.1 Å². The van der Waals surface area contributed by atoms with Crippen molar-refractivity contribution in [3.8, 4) is 17.2 Å². The molecule has 2 amide bonds. The van der Waals surface area contributed by atoms with Crippen LogP contribution < -0.4 is 30.0 Å². The molecule has 1 atom stereocenters. The third kappa shape index (κ3) is 7.01. The number of anilines is 1. The first kappa shape index (κ1) is 24.7. The lowest BCUT2D eigenvalue weighted by atomic mass is 10.2. The highest BCUT2D eigenvalue weighted by Gasteiger charge is 2.27. The zero-order valence-corrected chi connectivity index (χ0v) is 19.5. The number of thioether (sulfide) groups is 1. The maximum Gasteiger partial charge on any atom is 0.255 e. The zero-order chi connectivity index (χ0) is 23.8. The Bertz CT molecular complexity index is 1110. The molecule has 2 aromatic carbocycles. The van der Waals surface area contributed by atoms with Gasteiger partial charge in [0.15, 0.2) is 18.1 Å². The van der Waals surface area contributed by atoms with Crippen molar-refractivity contribution < 1.29 is 32.2 Å². The summed E-state index contributed by atoms with van der Waals surface area (Å²) in [5, 5.41) is 2.69. The number of carbonyl (C=O) groups is 2. The Balaban J connectivity index is 1.74. The fourth-order valence-corrected chi connectivity index (χ4v) is 4.69. The monoisotopic (exact) mass is 495 g/mol. The SMILES string of the molecule is CSCC[C@@H](NS(=O)(=O)c1ccc2c(c1)OCCO2)C(=O)Nc1cccc(OCC(N)=O)c1. The normalized spacial score (nSPS) is 13.7. The molecular formula is C21H25N3O7S2. The highest BCUT2D eigenvalue weighted by atomic mass is 32.2. The topological polar surface area (TPSA) is 146 Å². The first-order valence-corrected chi connectivity index (χ1v) is 12.9. The van der Waals surface area contributed by atoms with Crippen LogP contribution in [0.3, 0.4) is 0 Å². The van der Waals surface area contributed by atoms with E-state index in [1.807, 2.05) is 6.26 Å². The van der Waals surface area contributed by atoms with Gasteiger partial charge < -0.3 is 25.3 Å². The average molecular weight is 496 g/mol. The third-order valence-electron chi connectivity index (χ3n) is 4.53. The lowest BCUT2D eigenvalue weighted by Crippen LogP contribution is -2.44. The van der Waals surface area contributed by atoms with Crippen molar-refractivity contribution in [1.82, 2.24) is 4.72 Å². The summed E-state index contributed by atoms with van der Waals surface area (Å²) in [4.78, 5) is 23.8. The number of hydrogen-bond acceptors (Lipinski definition) is 8. The summed E-state index contributed by atoms with van der Waals surface area (Å²) >= 11 is 1.49. The number of fused-ring (bicyclic) bond motifs is 1. The molecule has 0 unspecified atom stereocenters. The summed E-state index contributed by atoms with van der Waals surface area (Å²) in [5.74, 6) is 0.539. The molecule has 1 heterocycles. The van der Waals surface area contributed by atoms with Crippen LogP contribution in [0, 0.1) is 0 Å². The molecule has 33 heavy (non-hydrogen) atoms. The van der Waals surface area contributed by atoms with Crippen molar-refractivity contribution in [2.45, 2.75) is 17.4 Å². The number of carbonyl (C=O) groups excluding carboxylic acids is 2. The molecule has 0 aromatic heterocycles. The molecule has 1 aliphatic heterocycles. The molecule has 4 N–H and O–H groups in total. The Kier molecular flexibility index (Phi) is 8.42. The fraction of sp³-hybridized carbons (Fsp3) is 0.333. The molecule has 178 valence electrons.